The van der Waals surface area contributed by atoms with Crippen molar-refractivity contribution in [3.63, 3.8) is 0 Å². The van der Waals surface area contributed by atoms with Crippen molar-refractivity contribution in [1.29, 1.82) is 0 Å². The van der Waals surface area contributed by atoms with Crippen LogP contribution in [0.1, 0.15) is 5.76 Å². The maximum atomic E-state index is 11.5. The molecule has 0 aliphatic heterocycles. The van der Waals surface area contributed by atoms with Crippen LogP contribution in [0.2, 0.25) is 0 Å². The Kier molecular flexibility index (Phi) is 3.76. The number of aromatic nitrogens is 1. The lowest BCUT2D eigenvalue weighted by atomic mass is 10.00. The first-order valence-corrected chi connectivity index (χ1v) is 8.84. The molecule has 6 heteroatoms. The SMILES string of the molecule is Cc1onc(-c2ccccc2)c1-c1cccc(S(=O)(=O)Cl)c1. The fourth-order valence-electron chi connectivity index (χ4n) is 2.31. The summed E-state index contributed by atoms with van der Waals surface area (Å²) in [6.07, 6.45) is 0. The molecule has 0 aliphatic rings. The van der Waals surface area contributed by atoms with Crippen LogP contribution in [0, 0.1) is 6.92 Å². The Hall–Kier alpha value is -2.11. The Balaban J connectivity index is 2.20. The molecule has 0 saturated heterocycles. The number of hydrogen-bond donors (Lipinski definition) is 0. The highest BCUT2D eigenvalue weighted by atomic mass is 35.7. The molecule has 0 bridgehead atoms. The van der Waals surface area contributed by atoms with Crippen LogP contribution in [-0.4, -0.2) is 13.6 Å². The Morgan fingerprint density at radius 3 is 2.36 bits per heavy atom. The lowest BCUT2D eigenvalue weighted by Crippen LogP contribution is -1.91. The lowest BCUT2D eigenvalue weighted by Gasteiger charge is -2.05. The van der Waals surface area contributed by atoms with E-state index in [9.17, 15) is 8.42 Å². The van der Waals surface area contributed by atoms with E-state index in [0.717, 1.165) is 11.1 Å². The maximum Gasteiger partial charge on any atom is 0.261 e. The summed E-state index contributed by atoms with van der Waals surface area (Å²) in [4.78, 5) is 0.0475. The highest BCUT2D eigenvalue weighted by molar-refractivity contribution is 8.13. The standard InChI is InChI=1S/C16H12ClNO3S/c1-11-15(13-8-5-9-14(10-13)22(17,19)20)16(18-21-11)12-6-3-2-4-7-12/h2-10H,1H3. The number of rotatable bonds is 3. The molecular formula is C16H12ClNO3S. The molecule has 0 fully saturated rings. The normalized spacial score (nSPS) is 11.5. The van der Waals surface area contributed by atoms with Gasteiger partial charge in [-0.2, -0.15) is 0 Å². The molecule has 2 aromatic carbocycles. The lowest BCUT2D eigenvalue weighted by molar-refractivity contribution is 0.400. The Labute approximate surface area is 132 Å². The van der Waals surface area contributed by atoms with E-state index in [4.69, 9.17) is 15.2 Å². The first-order valence-electron chi connectivity index (χ1n) is 6.53. The van der Waals surface area contributed by atoms with Crippen LogP contribution < -0.4 is 0 Å². The van der Waals surface area contributed by atoms with Gasteiger partial charge in [-0.05, 0) is 24.6 Å². The first-order chi connectivity index (χ1) is 10.5. The van der Waals surface area contributed by atoms with Gasteiger partial charge in [0.05, 0.1) is 10.5 Å². The van der Waals surface area contributed by atoms with Gasteiger partial charge in [-0.25, -0.2) is 8.42 Å². The fourth-order valence-corrected chi connectivity index (χ4v) is 3.11. The predicted octanol–water partition coefficient (Wildman–Crippen LogP) is 4.24. The summed E-state index contributed by atoms with van der Waals surface area (Å²) in [5.41, 5.74) is 3.02. The molecule has 3 rings (SSSR count). The average molecular weight is 334 g/mol. The minimum atomic E-state index is -3.79. The molecule has 0 aliphatic carbocycles. The van der Waals surface area contributed by atoms with Gasteiger partial charge in [0.1, 0.15) is 11.5 Å². The second-order valence-corrected chi connectivity index (χ2v) is 7.36. The van der Waals surface area contributed by atoms with Crippen molar-refractivity contribution in [2.75, 3.05) is 0 Å². The molecule has 0 N–H and O–H groups in total. The molecule has 0 atom stereocenters. The van der Waals surface area contributed by atoms with Crippen LogP contribution >= 0.6 is 10.7 Å². The molecule has 4 nitrogen and oxygen atoms in total. The van der Waals surface area contributed by atoms with Crippen molar-refractivity contribution >= 4 is 19.7 Å². The van der Waals surface area contributed by atoms with Crippen LogP contribution in [0.25, 0.3) is 22.4 Å². The van der Waals surface area contributed by atoms with Gasteiger partial charge in [0.2, 0.25) is 0 Å². The zero-order valence-corrected chi connectivity index (χ0v) is 13.2. The molecule has 0 saturated carbocycles. The fraction of sp³-hybridized carbons (Fsp3) is 0.0625. The second-order valence-electron chi connectivity index (χ2n) is 4.79. The zero-order chi connectivity index (χ0) is 15.7. The van der Waals surface area contributed by atoms with Gasteiger partial charge in [-0.3, -0.25) is 0 Å². The molecule has 1 aromatic heterocycles. The van der Waals surface area contributed by atoms with Crippen molar-refractivity contribution in [2.45, 2.75) is 11.8 Å². The summed E-state index contributed by atoms with van der Waals surface area (Å²) in [6.45, 7) is 1.79. The van der Waals surface area contributed by atoms with Gasteiger partial charge in [0.15, 0.2) is 0 Å². The van der Waals surface area contributed by atoms with E-state index < -0.39 is 9.05 Å². The van der Waals surface area contributed by atoms with Crippen molar-refractivity contribution in [1.82, 2.24) is 5.16 Å². The van der Waals surface area contributed by atoms with Gasteiger partial charge in [-0.15, -0.1) is 0 Å². The van der Waals surface area contributed by atoms with Crippen molar-refractivity contribution in [2.24, 2.45) is 0 Å². The smallest absolute Gasteiger partial charge is 0.261 e. The molecule has 1 heterocycles. The van der Waals surface area contributed by atoms with Gasteiger partial charge < -0.3 is 4.52 Å². The predicted molar refractivity (Wildman–Crippen MR) is 85.2 cm³/mol. The third-order valence-corrected chi connectivity index (χ3v) is 4.67. The van der Waals surface area contributed by atoms with E-state index in [1.54, 1.807) is 19.1 Å². The molecule has 0 radical (unpaired) electrons. The Bertz CT molecular complexity index is 918. The van der Waals surface area contributed by atoms with Crippen LogP contribution in [-0.2, 0) is 9.05 Å². The molecule has 0 spiro atoms. The molecule has 0 unspecified atom stereocenters. The van der Waals surface area contributed by atoms with Crippen LogP contribution in [0.3, 0.4) is 0 Å². The Morgan fingerprint density at radius 2 is 1.68 bits per heavy atom. The van der Waals surface area contributed by atoms with Crippen LogP contribution in [0.5, 0.6) is 0 Å². The number of nitrogens with zero attached hydrogens (tertiary/aromatic N) is 1. The van der Waals surface area contributed by atoms with Crippen molar-refractivity contribution in [3.05, 3.63) is 60.4 Å². The van der Waals surface area contributed by atoms with E-state index >= 15 is 0 Å². The summed E-state index contributed by atoms with van der Waals surface area (Å²) >= 11 is 0. The highest BCUT2D eigenvalue weighted by Gasteiger charge is 2.18. The third kappa shape index (κ3) is 2.77. The number of halogens is 1. The number of benzene rings is 2. The van der Waals surface area contributed by atoms with Gasteiger partial charge in [-0.1, -0.05) is 47.6 Å². The second kappa shape index (κ2) is 5.59. The molecule has 22 heavy (non-hydrogen) atoms. The monoisotopic (exact) mass is 333 g/mol. The minimum absolute atomic E-state index is 0.0475. The Morgan fingerprint density at radius 1 is 1.00 bits per heavy atom. The summed E-state index contributed by atoms with van der Waals surface area (Å²) in [5.74, 6) is 0.614. The third-order valence-electron chi connectivity index (χ3n) is 3.31. The summed E-state index contributed by atoms with van der Waals surface area (Å²) < 4.78 is 28.3. The van der Waals surface area contributed by atoms with Crippen molar-refractivity contribution in [3.8, 4) is 22.4 Å². The minimum Gasteiger partial charge on any atom is -0.360 e. The topological polar surface area (TPSA) is 60.2 Å². The van der Waals surface area contributed by atoms with Crippen LogP contribution in [0.15, 0.2) is 64.0 Å². The molecule has 112 valence electrons. The van der Waals surface area contributed by atoms with E-state index in [2.05, 4.69) is 5.16 Å². The summed E-state index contributed by atoms with van der Waals surface area (Å²) in [5, 5.41) is 4.10. The van der Waals surface area contributed by atoms with E-state index in [-0.39, 0.29) is 4.90 Å². The highest BCUT2D eigenvalue weighted by Crippen LogP contribution is 2.35. The zero-order valence-electron chi connectivity index (χ0n) is 11.7. The average Bonchev–Trinajstić information content (AvgIpc) is 2.89. The molecular weight excluding hydrogens is 322 g/mol. The van der Waals surface area contributed by atoms with Crippen molar-refractivity contribution < 1.29 is 12.9 Å². The number of hydrogen-bond acceptors (Lipinski definition) is 4. The van der Waals surface area contributed by atoms with Gasteiger partial charge in [0, 0.05) is 16.2 Å². The van der Waals surface area contributed by atoms with E-state index in [1.807, 2.05) is 30.3 Å². The van der Waals surface area contributed by atoms with E-state index in [1.165, 1.54) is 12.1 Å². The molecule has 0 amide bonds. The number of aryl methyl sites for hydroxylation is 1. The van der Waals surface area contributed by atoms with Gasteiger partial charge >= 0.3 is 0 Å². The quantitative estimate of drug-likeness (QED) is 0.672. The van der Waals surface area contributed by atoms with Crippen LogP contribution in [0.4, 0.5) is 0 Å². The maximum absolute atomic E-state index is 11.5. The summed E-state index contributed by atoms with van der Waals surface area (Å²) in [7, 11) is 1.64. The van der Waals surface area contributed by atoms with Gasteiger partial charge in [0.25, 0.3) is 9.05 Å². The first kappa shape index (κ1) is 14.8. The van der Waals surface area contributed by atoms with E-state index in [0.29, 0.717) is 17.0 Å². The largest absolute Gasteiger partial charge is 0.360 e. The molecule has 3 aromatic rings. The summed E-state index contributed by atoms with van der Waals surface area (Å²) in [6, 6.07) is 16.0.